The fraction of sp³-hybridized carbons (Fsp3) is 0.623. The quantitative estimate of drug-likeness (QED) is 0.0264. The van der Waals surface area contributed by atoms with Gasteiger partial charge in [0.1, 0.15) is 6.61 Å². The van der Waals surface area contributed by atoms with Crippen molar-refractivity contribution in [2.45, 2.75) is 251 Å². The topological polar surface area (TPSA) is 134 Å². The summed E-state index contributed by atoms with van der Waals surface area (Å²) in [5.74, 6) is -0.850. The number of hydrogen-bond donors (Lipinski definition) is 2. The lowest BCUT2D eigenvalue weighted by Gasteiger charge is -2.19. The van der Waals surface area contributed by atoms with Crippen LogP contribution in [0.25, 0.3) is 0 Å². The van der Waals surface area contributed by atoms with E-state index in [1.807, 2.05) is 0 Å². The Morgan fingerprint density at radius 2 is 0.658 bits per heavy atom. The SMILES string of the molecule is CC/C=C\C/C=C\C/C=C\C/C=C\C/C=C\C/C=C\C/C=C\C/C=C\CCCCCCCCCCCCCCCCC(=O)OC(COC(=O)CCCCCCCC/C=C\C/C=C\C/C=C\C/C=C\CC)COP(=O)(O)OCCN. The molecule has 9 nitrogen and oxygen atoms in total. The highest BCUT2D eigenvalue weighted by Gasteiger charge is 2.26. The van der Waals surface area contributed by atoms with E-state index in [-0.39, 0.29) is 32.6 Å². The molecule has 0 spiro atoms. The molecule has 0 rings (SSSR count). The third-order valence-corrected chi connectivity index (χ3v) is 13.7. The van der Waals surface area contributed by atoms with Crippen LogP contribution in [-0.4, -0.2) is 49.3 Å². The molecule has 448 valence electrons. The van der Waals surface area contributed by atoms with Crippen molar-refractivity contribution in [1.82, 2.24) is 0 Å². The Bertz CT molecular complexity index is 1800. The Morgan fingerprint density at radius 3 is 0.975 bits per heavy atom. The number of carbonyl (C=O) groups excluding carboxylic acids is 2. The van der Waals surface area contributed by atoms with Crippen LogP contribution in [0.5, 0.6) is 0 Å². The minimum absolute atomic E-state index is 0.0448. The molecule has 0 saturated carbocycles. The first-order chi connectivity index (χ1) is 38.8. The van der Waals surface area contributed by atoms with Gasteiger partial charge in [0.2, 0.25) is 0 Å². The van der Waals surface area contributed by atoms with Gasteiger partial charge in [-0.1, -0.05) is 262 Å². The first-order valence-electron chi connectivity index (χ1n) is 31.3. The molecular weight excluding hydrogens is 1000 g/mol. The van der Waals surface area contributed by atoms with Gasteiger partial charge in [0.25, 0.3) is 0 Å². The monoisotopic (exact) mass is 1120 g/mol. The van der Waals surface area contributed by atoms with Crippen molar-refractivity contribution in [1.29, 1.82) is 0 Å². The number of ether oxygens (including phenoxy) is 2. The summed E-state index contributed by atoms with van der Waals surface area (Å²) >= 11 is 0. The normalized spacial score (nSPS) is 14.0. The second kappa shape index (κ2) is 63.1. The van der Waals surface area contributed by atoms with Crippen molar-refractivity contribution in [2.75, 3.05) is 26.4 Å². The number of rotatable bonds is 57. The van der Waals surface area contributed by atoms with Gasteiger partial charge in [-0.3, -0.25) is 18.6 Å². The Morgan fingerprint density at radius 1 is 0.380 bits per heavy atom. The predicted molar refractivity (Wildman–Crippen MR) is 339 cm³/mol. The Hall–Kier alpha value is -4.11. The smallest absolute Gasteiger partial charge is 0.462 e. The molecule has 0 aliphatic carbocycles. The van der Waals surface area contributed by atoms with E-state index in [0.29, 0.717) is 12.8 Å². The molecule has 10 heteroatoms. The lowest BCUT2D eigenvalue weighted by atomic mass is 10.0. The van der Waals surface area contributed by atoms with Crippen LogP contribution < -0.4 is 5.73 Å². The molecule has 3 N–H and O–H groups in total. The zero-order chi connectivity index (χ0) is 57.3. The molecule has 2 unspecified atom stereocenters. The minimum atomic E-state index is -4.40. The number of unbranched alkanes of at least 4 members (excludes halogenated alkanes) is 20. The van der Waals surface area contributed by atoms with Crippen LogP contribution in [0.1, 0.15) is 245 Å². The third-order valence-electron chi connectivity index (χ3n) is 12.7. The van der Waals surface area contributed by atoms with E-state index < -0.39 is 32.5 Å². The highest BCUT2D eigenvalue weighted by Crippen LogP contribution is 2.43. The fourth-order valence-corrected chi connectivity index (χ4v) is 8.94. The van der Waals surface area contributed by atoms with Gasteiger partial charge >= 0.3 is 19.8 Å². The van der Waals surface area contributed by atoms with Gasteiger partial charge in [0.05, 0.1) is 13.2 Å². The number of nitrogens with two attached hydrogens (primary N) is 1. The molecule has 0 radical (unpaired) electrons. The third kappa shape index (κ3) is 62.9. The molecule has 0 amide bonds. The maximum Gasteiger partial charge on any atom is 0.472 e. The first-order valence-corrected chi connectivity index (χ1v) is 32.8. The molecule has 79 heavy (non-hydrogen) atoms. The van der Waals surface area contributed by atoms with E-state index in [4.69, 9.17) is 24.3 Å². The van der Waals surface area contributed by atoms with Crippen molar-refractivity contribution >= 4 is 19.8 Å². The average molecular weight is 1120 g/mol. The summed E-state index contributed by atoms with van der Waals surface area (Å²) < 4.78 is 33.0. The largest absolute Gasteiger partial charge is 0.472 e. The molecule has 0 fully saturated rings. The van der Waals surface area contributed by atoms with E-state index in [0.717, 1.165) is 135 Å². The molecule has 0 aromatic heterocycles. The van der Waals surface area contributed by atoms with Gasteiger partial charge in [-0.05, 0) is 116 Å². The van der Waals surface area contributed by atoms with E-state index in [1.165, 1.54) is 70.6 Å². The van der Waals surface area contributed by atoms with Crippen LogP contribution in [0.2, 0.25) is 0 Å². The summed E-state index contributed by atoms with van der Waals surface area (Å²) in [6.45, 7) is 3.49. The highest BCUT2D eigenvalue weighted by atomic mass is 31.2. The van der Waals surface area contributed by atoms with E-state index >= 15 is 0 Å². The average Bonchev–Trinajstić information content (AvgIpc) is 3.44. The summed E-state index contributed by atoms with van der Waals surface area (Å²) in [6, 6.07) is 0. The Balaban J connectivity index is 3.94. The number of phosphoric ester groups is 1. The molecule has 0 aromatic rings. The molecule has 0 saturated heterocycles. The van der Waals surface area contributed by atoms with Crippen LogP contribution in [0.15, 0.2) is 146 Å². The minimum Gasteiger partial charge on any atom is -0.462 e. The van der Waals surface area contributed by atoms with Crippen molar-refractivity contribution in [3.63, 3.8) is 0 Å². The van der Waals surface area contributed by atoms with Crippen LogP contribution in [0.4, 0.5) is 0 Å². The van der Waals surface area contributed by atoms with Gasteiger partial charge < -0.3 is 20.1 Å². The van der Waals surface area contributed by atoms with E-state index in [9.17, 15) is 19.0 Å². The van der Waals surface area contributed by atoms with Crippen molar-refractivity contribution < 1.29 is 37.6 Å². The number of carbonyl (C=O) groups is 2. The fourth-order valence-electron chi connectivity index (χ4n) is 8.17. The van der Waals surface area contributed by atoms with Gasteiger partial charge in [0, 0.05) is 19.4 Å². The summed E-state index contributed by atoms with van der Waals surface area (Å²) in [6.07, 6.45) is 90.6. The molecule has 0 heterocycles. The summed E-state index contributed by atoms with van der Waals surface area (Å²) in [5, 5.41) is 0. The molecular formula is C69H114NO8P. The van der Waals surface area contributed by atoms with Crippen molar-refractivity contribution in [3.8, 4) is 0 Å². The lowest BCUT2D eigenvalue weighted by molar-refractivity contribution is -0.161. The summed E-state index contributed by atoms with van der Waals surface area (Å²) in [7, 11) is -4.40. The van der Waals surface area contributed by atoms with Crippen molar-refractivity contribution in [3.05, 3.63) is 146 Å². The lowest BCUT2D eigenvalue weighted by Crippen LogP contribution is -2.29. The molecule has 2 atom stereocenters. The van der Waals surface area contributed by atoms with Gasteiger partial charge in [-0.25, -0.2) is 4.57 Å². The molecule has 0 aliphatic heterocycles. The number of allylic oxidation sites excluding steroid dienone is 24. The van der Waals surface area contributed by atoms with Crippen LogP contribution >= 0.6 is 7.82 Å². The van der Waals surface area contributed by atoms with Crippen LogP contribution in [0.3, 0.4) is 0 Å². The highest BCUT2D eigenvalue weighted by molar-refractivity contribution is 7.47. The number of esters is 2. The summed E-state index contributed by atoms with van der Waals surface area (Å²) in [4.78, 5) is 35.2. The van der Waals surface area contributed by atoms with E-state index in [2.05, 4.69) is 160 Å². The zero-order valence-corrected chi connectivity index (χ0v) is 50.9. The first kappa shape index (κ1) is 74.9. The Labute approximate surface area is 484 Å². The second-order valence-electron chi connectivity index (χ2n) is 20.2. The maximum absolute atomic E-state index is 12.7. The second-order valence-corrected chi connectivity index (χ2v) is 21.6. The van der Waals surface area contributed by atoms with Crippen molar-refractivity contribution in [2.24, 2.45) is 5.73 Å². The van der Waals surface area contributed by atoms with Gasteiger partial charge in [0.15, 0.2) is 6.10 Å². The standard InChI is InChI=1S/C69H114NO8P/c1-3-5-7-9-11-13-15-17-19-21-23-24-25-26-27-28-29-30-31-32-33-34-35-36-37-38-39-40-41-42-44-46-48-50-52-54-56-58-60-62-69(72)78-67(66-77-79(73,74)76-64-63-70)65-75-68(71)61-59-57-55-53-51-49-47-45-43-22-20-18-16-14-12-10-8-6-4-2/h5-8,11-14,17-20,23-24,26-27,29-30,32-33,35-36,43,45,67H,3-4,9-10,15-16,21-22,25,28,31,34,37-42,44,46-66,70H2,1-2H3,(H,73,74)/b7-5-,8-6-,13-11-,14-12-,19-17-,20-18-,24-23-,27-26-,30-29-,33-32-,36-35-,45-43-. The van der Waals surface area contributed by atoms with Crippen LogP contribution in [-0.2, 0) is 32.7 Å². The molecule has 0 aliphatic rings. The maximum atomic E-state index is 12.7. The summed E-state index contributed by atoms with van der Waals surface area (Å²) in [5.41, 5.74) is 5.38. The number of phosphoric acid groups is 1. The van der Waals surface area contributed by atoms with Gasteiger partial charge in [-0.2, -0.15) is 0 Å². The van der Waals surface area contributed by atoms with Crippen LogP contribution in [0, 0.1) is 0 Å². The van der Waals surface area contributed by atoms with Gasteiger partial charge in [-0.15, -0.1) is 0 Å². The zero-order valence-electron chi connectivity index (χ0n) is 50.0. The van der Waals surface area contributed by atoms with E-state index in [1.54, 1.807) is 0 Å². The Kier molecular flexibility index (Phi) is 59.8. The predicted octanol–water partition coefficient (Wildman–Crippen LogP) is 20.3. The number of hydrogen-bond acceptors (Lipinski definition) is 8. The molecule has 0 aromatic carbocycles. The molecule has 0 bridgehead atoms.